The Hall–Kier alpha value is -2.33. The number of hydrogen-bond acceptors (Lipinski definition) is 7. The summed E-state index contributed by atoms with van der Waals surface area (Å²) in [7, 11) is 0. The standard InChI is InChI=1S/C20H21ClN4O3S2/c1-3-23(4-2)12-13-24(20-22-19-15(21)6-5-7-16(19)30-20)17(26)10-8-14-9-11-18(29-14)25(27)28/h5-11H,3-4,12-13H2,1-2H3/b10-8+. The van der Waals surface area contributed by atoms with E-state index in [0.717, 1.165) is 29.1 Å². The molecule has 30 heavy (non-hydrogen) atoms. The van der Waals surface area contributed by atoms with Crippen molar-refractivity contribution in [1.82, 2.24) is 9.88 Å². The zero-order valence-electron chi connectivity index (χ0n) is 16.6. The molecule has 1 aromatic carbocycles. The number of halogens is 1. The van der Waals surface area contributed by atoms with E-state index in [0.29, 0.717) is 33.6 Å². The van der Waals surface area contributed by atoms with Crippen molar-refractivity contribution in [2.24, 2.45) is 0 Å². The molecule has 0 aliphatic carbocycles. The first-order valence-corrected chi connectivity index (χ1v) is 11.4. The number of hydrogen-bond donors (Lipinski definition) is 0. The van der Waals surface area contributed by atoms with E-state index in [-0.39, 0.29) is 10.9 Å². The van der Waals surface area contributed by atoms with Gasteiger partial charge >= 0.3 is 5.00 Å². The van der Waals surface area contributed by atoms with E-state index >= 15 is 0 Å². The fourth-order valence-corrected chi connectivity index (χ4v) is 4.89. The Labute approximate surface area is 187 Å². The van der Waals surface area contributed by atoms with Gasteiger partial charge in [0.1, 0.15) is 5.52 Å². The first-order chi connectivity index (χ1) is 14.4. The number of nitrogens with zero attached hydrogens (tertiary/aromatic N) is 4. The number of thiophene rings is 1. The molecule has 1 amide bonds. The van der Waals surface area contributed by atoms with Crippen LogP contribution in [-0.2, 0) is 4.79 Å². The molecule has 0 saturated heterocycles. The number of nitro groups is 1. The van der Waals surface area contributed by atoms with Gasteiger partial charge in [-0.3, -0.25) is 19.8 Å². The molecule has 0 radical (unpaired) electrons. The molecule has 0 saturated carbocycles. The Morgan fingerprint density at radius 1 is 1.20 bits per heavy atom. The van der Waals surface area contributed by atoms with Crippen LogP contribution >= 0.6 is 34.3 Å². The highest BCUT2D eigenvalue weighted by atomic mass is 35.5. The third-order valence-electron chi connectivity index (χ3n) is 4.57. The molecule has 10 heteroatoms. The van der Waals surface area contributed by atoms with Crippen molar-refractivity contribution in [3.05, 3.63) is 56.4 Å². The molecule has 0 unspecified atom stereocenters. The molecule has 0 spiro atoms. The Morgan fingerprint density at radius 3 is 2.60 bits per heavy atom. The van der Waals surface area contributed by atoms with Crippen LogP contribution in [0.2, 0.25) is 5.02 Å². The van der Waals surface area contributed by atoms with E-state index in [4.69, 9.17) is 11.6 Å². The van der Waals surface area contributed by atoms with Crippen LogP contribution in [0.15, 0.2) is 36.4 Å². The van der Waals surface area contributed by atoms with Gasteiger partial charge in [-0.2, -0.15) is 0 Å². The average Bonchev–Trinajstić information content (AvgIpc) is 3.37. The Bertz CT molecular complexity index is 1080. The SMILES string of the molecule is CCN(CC)CCN(C(=O)/C=C/c1ccc([N+](=O)[O-])s1)c1nc2c(Cl)cccc2s1. The van der Waals surface area contributed by atoms with Crippen LogP contribution in [0.25, 0.3) is 16.3 Å². The minimum absolute atomic E-state index is 0.0429. The normalized spacial score (nSPS) is 11.6. The van der Waals surface area contributed by atoms with E-state index in [1.54, 1.807) is 23.1 Å². The summed E-state index contributed by atoms with van der Waals surface area (Å²) in [6.07, 6.45) is 3.04. The molecule has 2 heterocycles. The maximum atomic E-state index is 13.0. The van der Waals surface area contributed by atoms with Crippen molar-refractivity contribution < 1.29 is 9.72 Å². The number of benzene rings is 1. The minimum Gasteiger partial charge on any atom is -0.302 e. The monoisotopic (exact) mass is 464 g/mol. The van der Waals surface area contributed by atoms with Gasteiger partial charge in [0.05, 0.1) is 14.6 Å². The van der Waals surface area contributed by atoms with Crippen LogP contribution in [0.4, 0.5) is 10.1 Å². The quantitative estimate of drug-likeness (QED) is 0.243. The largest absolute Gasteiger partial charge is 0.324 e. The van der Waals surface area contributed by atoms with E-state index in [9.17, 15) is 14.9 Å². The number of carbonyl (C=O) groups is 1. The molecule has 2 aromatic heterocycles. The molecule has 3 rings (SSSR count). The van der Waals surface area contributed by atoms with Gasteiger partial charge in [0.25, 0.3) is 5.91 Å². The lowest BCUT2D eigenvalue weighted by molar-refractivity contribution is -0.380. The zero-order chi connectivity index (χ0) is 21.7. The van der Waals surface area contributed by atoms with Gasteiger partial charge < -0.3 is 4.90 Å². The summed E-state index contributed by atoms with van der Waals surface area (Å²) < 4.78 is 0.913. The maximum Gasteiger partial charge on any atom is 0.324 e. The third-order valence-corrected chi connectivity index (χ3v) is 6.92. The van der Waals surface area contributed by atoms with Gasteiger partial charge in [-0.25, -0.2) is 4.98 Å². The van der Waals surface area contributed by atoms with E-state index < -0.39 is 4.92 Å². The number of aromatic nitrogens is 1. The molecular formula is C20H21ClN4O3S2. The van der Waals surface area contributed by atoms with E-state index in [1.807, 2.05) is 12.1 Å². The van der Waals surface area contributed by atoms with E-state index in [1.165, 1.54) is 23.5 Å². The fourth-order valence-electron chi connectivity index (χ4n) is 2.87. The molecule has 0 aliphatic heterocycles. The minimum atomic E-state index is -0.439. The van der Waals surface area contributed by atoms with E-state index in [2.05, 4.69) is 23.7 Å². The average molecular weight is 465 g/mol. The lowest BCUT2D eigenvalue weighted by atomic mass is 10.3. The first kappa shape index (κ1) is 22.4. The number of fused-ring (bicyclic) bond motifs is 1. The predicted molar refractivity (Wildman–Crippen MR) is 125 cm³/mol. The predicted octanol–water partition coefficient (Wildman–Crippen LogP) is 5.31. The summed E-state index contributed by atoms with van der Waals surface area (Å²) >= 11 is 8.70. The smallest absolute Gasteiger partial charge is 0.302 e. The molecule has 0 atom stereocenters. The summed E-state index contributed by atoms with van der Waals surface area (Å²) in [6.45, 7) is 7.12. The molecule has 158 valence electrons. The summed E-state index contributed by atoms with van der Waals surface area (Å²) in [5.74, 6) is -0.228. The zero-order valence-corrected chi connectivity index (χ0v) is 19.0. The third kappa shape index (κ3) is 5.23. The number of para-hydroxylation sites is 1. The number of likely N-dealkylation sites (N-methyl/N-ethyl adjacent to an activating group) is 1. The second kappa shape index (κ2) is 10.1. The van der Waals surface area contributed by atoms with Crippen molar-refractivity contribution >= 4 is 66.6 Å². The molecule has 0 bridgehead atoms. The summed E-state index contributed by atoms with van der Waals surface area (Å²) in [5.41, 5.74) is 0.678. The van der Waals surface area contributed by atoms with Crippen molar-refractivity contribution in [3.8, 4) is 0 Å². The Kier molecular flexibility index (Phi) is 7.54. The molecule has 0 fully saturated rings. The second-order valence-electron chi connectivity index (χ2n) is 6.37. The highest BCUT2D eigenvalue weighted by Gasteiger charge is 2.19. The number of carbonyl (C=O) groups excluding carboxylic acids is 1. The van der Waals surface area contributed by atoms with Crippen molar-refractivity contribution in [3.63, 3.8) is 0 Å². The first-order valence-electron chi connectivity index (χ1n) is 9.44. The van der Waals surface area contributed by atoms with Crippen LogP contribution in [0.1, 0.15) is 18.7 Å². The van der Waals surface area contributed by atoms with Crippen molar-refractivity contribution in [2.75, 3.05) is 31.1 Å². The number of thiazole rings is 1. The molecule has 7 nitrogen and oxygen atoms in total. The highest BCUT2D eigenvalue weighted by Crippen LogP contribution is 2.33. The van der Waals surface area contributed by atoms with Crippen LogP contribution in [0, 0.1) is 10.1 Å². The van der Waals surface area contributed by atoms with Gasteiger partial charge in [0, 0.05) is 30.1 Å². The van der Waals surface area contributed by atoms with Gasteiger partial charge in [-0.1, -0.05) is 54.2 Å². The molecule has 0 aliphatic rings. The highest BCUT2D eigenvalue weighted by molar-refractivity contribution is 7.22. The molecule has 3 aromatic rings. The Balaban J connectivity index is 1.87. The van der Waals surface area contributed by atoms with Crippen LogP contribution in [0.5, 0.6) is 0 Å². The fraction of sp³-hybridized carbons (Fsp3) is 0.300. The number of anilines is 1. The summed E-state index contributed by atoms with van der Waals surface area (Å²) in [5, 5.41) is 12.0. The van der Waals surface area contributed by atoms with Gasteiger partial charge in [0.2, 0.25) is 0 Å². The summed E-state index contributed by atoms with van der Waals surface area (Å²) in [6, 6.07) is 8.63. The lowest BCUT2D eigenvalue weighted by Crippen LogP contribution is -2.38. The van der Waals surface area contributed by atoms with Gasteiger partial charge in [-0.05, 0) is 37.4 Å². The van der Waals surface area contributed by atoms with Gasteiger partial charge in [-0.15, -0.1) is 0 Å². The second-order valence-corrected chi connectivity index (χ2v) is 8.88. The van der Waals surface area contributed by atoms with Crippen molar-refractivity contribution in [2.45, 2.75) is 13.8 Å². The molecule has 0 N–H and O–H groups in total. The topological polar surface area (TPSA) is 79.6 Å². The summed E-state index contributed by atoms with van der Waals surface area (Å²) in [4.78, 5) is 32.6. The lowest BCUT2D eigenvalue weighted by Gasteiger charge is -2.23. The molecular weight excluding hydrogens is 444 g/mol. The maximum absolute atomic E-state index is 13.0. The number of amides is 1. The van der Waals surface area contributed by atoms with Crippen LogP contribution < -0.4 is 4.90 Å². The van der Waals surface area contributed by atoms with Gasteiger partial charge in [0.15, 0.2) is 5.13 Å². The van der Waals surface area contributed by atoms with Crippen LogP contribution in [-0.4, -0.2) is 46.9 Å². The number of rotatable bonds is 9. The van der Waals surface area contributed by atoms with Crippen molar-refractivity contribution in [1.29, 1.82) is 0 Å². The van der Waals surface area contributed by atoms with Crippen LogP contribution in [0.3, 0.4) is 0 Å². The Morgan fingerprint density at radius 2 is 1.97 bits per heavy atom.